The van der Waals surface area contributed by atoms with Crippen molar-refractivity contribution >= 4 is 10.8 Å². The Kier molecular flexibility index (Phi) is 3.83. The van der Waals surface area contributed by atoms with E-state index in [0.717, 1.165) is 17.9 Å². The summed E-state index contributed by atoms with van der Waals surface area (Å²) in [5.74, 6) is 1.85. The van der Waals surface area contributed by atoms with E-state index in [2.05, 4.69) is 66.7 Å². The highest BCUT2D eigenvalue weighted by Gasteiger charge is 2.27. The van der Waals surface area contributed by atoms with Gasteiger partial charge in [0, 0.05) is 12.0 Å². The molecule has 0 aliphatic carbocycles. The first-order chi connectivity index (χ1) is 13.3. The fourth-order valence-corrected chi connectivity index (χ4v) is 3.97. The minimum absolute atomic E-state index is 0.0571. The molecule has 27 heavy (non-hydrogen) atoms. The molecule has 0 bridgehead atoms. The largest absolute Gasteiger partial charge is 0.497 e. The van der Waals surface area contributed by atoms with Gasteiger partial charge in [-0.1, -0.05) is 66.7 Å². The second kappa shape index (κ2) is 6.48. The molecule has 0 saturated carbocycles. The lowest BCUT2D eigenvalue weighted by molar-refractivity contribution is 0.239. The van der Waals surface area contributed by atoms with Crippen molar-refractivity contribution < 1.29 is 9.47 Å². The monoisotopic (exact) mass is 352 g/mol. The number of methoxy groups -OCH3 is 1. The summed E-state index contributed by atoms with van der Waals surface area (Å²) in [7, 11) is 1.71. The van der Waals surface area contributed by atoms with Crippen LogP contribution in [0.2, 0.25) is 0 Å². The Morgan fingerprint density at radius 1 is 0.815 bits per heavy atom. The molecule has 1 atom stereocenters. The quantitative estimate of drug-likeness (QED) is 0.437. The molecule has 1 aliphatic heterocycles. The van der Waals surface area contributed by atoms with Gasteiger partial charge in [0.25, 0.3) is 0 Å². The van der Waals surface area contributed by atoms with Gasteiger partial charge in [-0.25, -0.2) is 0 Å². The van der Waals surface area contributed by atoms with Crippen LogP contribution in [-0.2, 0) is 6.42 Å². The maximum atomic E-state index is 6.40. The summed E-state index contributed by atoms with van der Waals surface area (Å²) in [4.78, 5) is 0. The van der Waals surface area contributed by atoms with Crippen LogP contribution in [0.5, 0.6) is 11.5 Å². The number of hydrogen-bond donors (Lipinski definition) is 0. The number of benzene rings is 4. The Labute approximate surface area is 159 Å². The van der Waals surface area contributed by atoms with E-state index in [0.29, 0.717) is 0 Å². The van der Waals surface area contributed by atoms with Gasteiger partial charge in [-0.2, -0.15) is 0 Å². The van der Waals surface area contributed by atoms with Crippen molar-refractivity contribution in [3.8, 4) is 22.6 Å². The van der Waals surface area contributed by atoms with Gasteiger partial charge in [-0.3, -0.25) is 0 Å². The molecule has 1 unspecified atom stereocenters. The molecular formula is C25H20O2. The first-order valence-corrected chi connectivity index (χ1v) is 9.24. The van der Waals surface area contributed by atoms with E-state index in [1.807, 2.05) is 18.2 Å². The van der Waals surface area contributed by atoms with Gasteiger partial charge in [-0.05, 0) is 45.7 Å². The number of hydrogen-bond acceptors (Lipinski definition) is 2. The molecule has 0 saturated heterocycles. The average molecular weight is 352 g/mol. The van der Waals surface area contributed by atoms with Crippen molar-refractivity contribution in [1.29, 1.82) is 0 Å². The SMILES string of the molecule is COc1ccc2c(-c3ccccc3)cc3c(c2c1)CC(c1ccccc1)O3. The molecule has 1 heterocycles. The molecule has 0 amide bonds. The fraction of sp³-hybridized carbons (Fsp3) is 0.120. The minimum atomic E-state index is 0.0571. The molecule has 0 fully saturated rings. The molecule has 132 valence electrons. The lowest BCUT2D eigenvalue weighted by Crippen LogP contribution is -2.02. The van der Waals surface area contributed by atoms with Crippen LogP contribution in [0.15, 0.2) is 84.9 Å². The molecule has 1 aliphatic rings. The van der Waals surface area contributed by atoms with Crippen molar-refractivity contribution in [1.82, 2.24) is 0 Å². The molecule has 4 aromatic carbocycles. The van der Waals surface area contributed by atoms with Gasteiger partial charge in [0.05, 0.1) is 7.11 Å². The zero-order valence-corrected chi connectivity index (χ0v) is 15.2. The Hall–Kier alpha value is -3.26. The third kappa shape index (κ3) is 2.74. The summed E-state index contributed by atoms with van der Waals surface area (Å²) in [5.41, 5.74) is 4.87. The Morgan fingerprint density at radius 2 is 1.56 bits per heavy atom. The van der Waals surface area contributed by atoms with Gasteiger partial charge in [-0.15, -0.1) is 0 Å². The van der Waals surface area contributed by atoms with Crippen molar-refractivity contribution in [3.05, 3.63) is 96.1 Å². The molecular weight excluding hydrogens is 332 g/mol. The van der Waals surface area contributed by atoms with Crippen molar-refractivity contribution in [3.63, 3.8) is 0 Å². The maximum Gasteiger partial charge on any atom is 0.128 e. The van der Waals surface area contributed by atoms with E-state index in [1.165, 1.54) is 33.0 Å². The first kappa shape index (κ1) is 16.0. The molecule has 2 nitrogen and oxygen atoms in total. The fourth-order valence-electron chi connectivity index (χ4n) is 3.97. The lowest BCUT2D eigenvalue weighted by Gasteiger charge is -2.13. The molecule has 5 rings (SSSR count). The normalized spacial score (nSPS) is 15.4. The van der Waals surface area contributed by atoms with Gasteiger partial charge in [0.15, 0.2) is 0 Å². The van der Waals surface area contributed by atoms with E-state index < -0.39 is 0 Å². The molecule has 0 spiro atoms. The van der Waals surface area contributed by atoms with Crippen LogP contribution in [0.1, 0.15) is 17.2 Å². The minimum Gasteiger partial charge on any atom is -0.497 e. The van der Waals surface area contributed by atoms with Crippen LogP contribution in [0.25, 0.3) is 21.9 Å². The summed E-state index contributed by atoms with van der Waals surface area (Å²) in [6.07, 6.45) is 0.930. The van der Waals surface area contributed by atoms with E-state index in [4.69, 9.17) is 9.47 Å². The average Bonchev–Trinajstić information content (AvgIpc) is 3.18. The second-order valence-electron chi connectivity index (χ2n) is 6.90. The van der Waals surface area contributed by atoms with E-state index in [-0.39, 0.29) is 6.10 Å². The van der Waals surface area contributed by atoms with Crippen LogP contribution in [0.4, 0.5) is 0 Å². The highest BCUT2D eigenvalue weighted by atomic mass is 16.5. The first-order valence-electron chi connectivity index (χ1n) is 9.24. The highest BCUT2D eigenvalue weighted by Crippen LogP contribution is 2.45. The Bertz CT molecular complexity index is 1100. The smallest absolute Gasteiger partial charge is 0.128 e. The summed E-state index contributed by atoms with van der Waals surface area (Å²) >= 11 is 0. The van der Waals surface area contributed by atoms with Crippen molar-refractivity contribution in [2.45, 2.75) is 12.5 Å². The summed E-state index contributed by atoms with van der Waals surface area (Å²) < 4.78 is 11.9. The van der Waals surface area contributed by atoms with Crippen LogP contribution < -0.4 is 9.47 Å². The number of fused-ring (bicyclic) bond motifs is 3. The summed E-state index contributed by atoms with van der Waals surface area (Å²) in [6, 6.07) is 29.5. The topological polar surface area (TPSA) is 18.5 Å². The van der Waals surface area contributed by atoms with Crippen molar-refractivity contribution in [2.24, 2.45) is 0 Å². The van der Waals surface area contributed by atoms with Crippen LogP contribution in [0, 0.1) is 0 Å². The highest BCUT2D eigenvalue weighted by molar-refractivity contribution is 6.01. The van der Waals surface area contributed by atoms with Gasteiger partial charge >= 0.3 is 0 Å². The maximum absolute atomic E-state index is 6.40. The molecule has 0 radical (unpaired) electrons. The van der Waals surface area contributed by atoms with Gasteiger partial charge in [0.2, 0.25) is 0 Å². The molecule has 0 aromatic heterocycles. The predicted molar refractivity (Wildman–Crippen MR) is 109 cm³/mol. The molecule has 0 N–H and O–H groups in total. The number of rotatable bonds is 3. The summed E-state index contributed by atoms with van der Waals surface area (Å²) in [6.45, 7) is 0. The predicted octanol–water partition coefficient (Wildman–Crippen LogP) is 6.19. The second-order valence-corrected chi connectivity index (χ2v) is 6.90. The Morgan fingerprint density at radius 3 is 2.30 bits per heavy atom. The van der Waals surface area contributed by atoms with Crippen LogP contribution in [0.3, 0.4) is 0 Å². The van der Waals surface area contributed by atoms with Gasteiger partial charge < -0.3 is 9.47 Å². The van der Waals surface area contributed by atoms with Crippen molar-refractivity contribution in [2.75, 3.05) is 7.11 Å². The lowest BCUT2D eigenvalue weighted by atomic mass is 9.92. The number of ether oxygens (including phenoxy) is 2. The zero-order valence-electron chi connectivity index (χ0n) is 15.2. The molecule has 4 aromatic rings. The van der Waals surface area contributed by atoms with E-state index in [1.54, 1.807) is 7.11 Å². The van der Waals surface area contributed by atoms with E-state index in [9.17, 15) is 0 Å². The third-order valence-electron chi connectivity index (χ3n) is 5.33. The van der Waals surface area contributed by atoms with E-state index >= 15 is 0 Å². The summed E-state index contributed by atoms with van der Waals surface area (Å²) in [5, 5.41) is 2.45. The standard InChI is InChI=1S/C25H20O2/c1-26-19-12-13-20-21(17-8-4-2-5-9-17)15-25-23(22(20)14-19)16-24(27-25)18-10-6-3-7-11-18/h2-15,24H,16H2,1H3. The zero-order chi connectivity index (χ0) is 18.2. The molecule has 2 heteroatoms. The Balaban J connectivity index is 1.71. The van der Waals surface area contributed by atoms with Gasteiger partial charge in [0.1, 0.15) is 17.6 Å². The van der Waals surface area contributed by atoms with Crippen LogP contribution >= 0.6 is 0 Å². The van der Waals surface area contributed by atoms with Crippen LogP contribution in [-0.4, -0.2) is 7.11 Å². The third-order valence-corrected chi connectivity index (χ3v) is 5.33.